The number of amides is 1. The van der Waals surface area contributed by atoms with Crippen LogP contribution in [0.5, 0.6) is 0 Å². The molecule has 0 heterocycles. The van der Waals surface area contributed by atoms with E-state index >= 15 is 0 Å². The van der Waals surface area contributed by atoms with Crippen molar-refractivity contribution in [1.29, 1.82) is 0 Å². The van der Waals surface area contributed by atoms with E-state index < -0.39 is 9.05 Å². The summed E-state index contributed by atoms with van der Waals surface area (Å²) in [6.07, 6.45) is 3.08. The van der Waals surface area contributed by atoms with Gasteiger partial charge in [0.2, 0.25) is 0 Å². The molecule has 0 spiro atoms. The standard InChI is InChI=1S/C12H14ClNO3S/c1-12(7-2-8-12)14-11(15)9-3-5-10(6-4-9)18(13,16)17/h3-6H,2,7-8H2,1H3,(H,14,15). The minimum Gasteiger partial charge on any atom is -0.347 e. The second kappa shape index (κ2) is 4.55. The van der Waals surface area contributed by atoms with Crippen LogP contribution in [-0.4, -0.2) is 19.9 Å². The zero-order valence-corrected chi connectivity index (χ0v) is 11.5. The van der Waals surface area contributed by atoms with Crippen molar-refractivity contribution in [3.05, 3.63) is 29.8 Å². The summed E-state index contributed by atoms with van der Waals surface area (Å²) in [7, 11) is 1.47. The lowest BCUT2D eigenvalue weighted by molar-refractivity contribution is 0.0850. The van der Waals surface area contributed by atoms with E-state index in [4.69, 9.17) is 10.7 Å². The minimum atomic E-state index is -3.73. The van der Waals surface area contributed by atoms with Gasteiger partial charge in [0.15, 0.2) is 0 Å². The number of halogens is 1. The molecule has 1 fully saturated rings. The van der Waals surface area contributed by atoms with Crippen molar-refractivity contribution >= 4 is 25.6 Å². The van der Waals surface area contributed by atoms with Crippen LogP contribution in [0.2, 0.25) is 0 Å². The summed E-state index contributed by atoms with van der Waals surface area (Å²) in [6.45, 7) is 2.01. The molecular weight excluding hydrogens is 274 g/mol. The molecule has 4 nitrogen and oxygen atoms in total. The van der Waals surface area contributed by atoms with Gasteiger partial charge >= 0.3 is 0 Å². The predicted molar refractivity (Wildman–Crippen MR) is 69.2 cm³/mol. The van der Waals surface area contributed by atoms with Gasteiger partial charge in [-0.05, 0) is 50.5 Å². The summed E-state index contributed by atoms with van der Waals surface area (Å²) < 4.78 is 22.1. The molecule has 1 aromatic carbocycles. The average molecular weight is 288 g/mol. The summed E-state index contributed by atoms with van der Waals surface area (Å²) in [6, 6.07) is 5.60. The largest absolute Gasteiger partial charge is 0.347 e. The molecule has 1 amide bonds. The van der Waals surface area contributed by atoms with Crippen molar-refractivity contribution in [2.45, 2.75) is 36.6 Å². The minimum absolute atomic E-state index is 0.00410. The molecule has 6 heteroatoms. The van der Waals surface area contributed by atoms with Gasteiger partial charge in [-0.2, -0.15) is 0 Å². The number of nitrogens with one attached hydrogen (secondary N) is 1. The molecule has 1 N–H and O–H groups in total. The predicted octanol–water partition coefficient (Wildman–Crippen LogP) is 2.29. The molecule has 0 bridgehead atoms. The Labute approximate surface area is 111 Å². The smallest absolute Gasteiger partial charge is 0.261 e. The van der Waals surface area contributed by atoms with Crippen molar-refractivity contribution in [2.24, 2.45) is 0 Å². The van der Waals surface area contributed by atoms with Gasteiger partial charge in [-0.25, -0.2) is 8.42 Å². The maximum atomic E-state index is 11.9. The second-order valence-corrected chi connectivity index (χ2v) is 7.40. The quantitative estimate of drug-likeness (QED) is 0.868. The molecule has 2 rings (SSSR count). The van der Waals surface area contributed by atoms with Crippen molar-refractivity contribution in [2.75, 3.05) is 0 Å². The van der Waals surface area contributed by atoms with E-state index in [1.54, 1.807) is 0 Å². The summed E-state index contributed by atoms with van der Waals surface area (Å²) in [5.74, 6) is -0.185. The van der Waals surface area contributed by atoms with E-state index in [0.717, 1.165) is 19.3 Å². The maximum Gasteiger partial charge on any atom is 0.261 e. The van der Waals surface area contributed by atoms with Crippen LogP contribution in [0.1, 0.15) is 36.5 Å². The van der Waals surface area contributed by atoms with E-state index in [2.05, 4.69) is 5.32 Å². The SMILES string of the molecule is CC1(NC(=O)c2ccc(S(=O)(=O)Cl)cc2)CCC1. The summed E-state index contributed by atoms with van der Waals surface area (Å²) in [4.78, 5) is 11.9. The van der Waals surface area contributed by atoms with Gasteiger partial charge < -0.3 is 5.32 Å². The van der Waals surface area contributed by atoms with Gasteiger partial charge in [0.05, 0.1) is 4.90 Å². The lowest BCUT2D eigenvalue weighted by Gasteiger charge is -2.39. The second-order valence-electron chi connectivity index (χ2n) is 4.83. The van der Waals surface area contributed by atoms with Gasteiger partial charge in [0.25, 0.3) is 15.0 Å². The Morgan fingerprint density at radius 3 is 2.22 bits per heavy atom. The number of benzene rings is 1. The van der Waals surface area contributed by atoms with E-state index in [1.165, 1.54) is 24.3 Å². The molecule has 18 heavy (non-hydrogen) atoms. The van der Waals surface area contributed by atoms with Crippen LogP contribution < -0.4 is 5.32 Å². The lowest BCUT2D eigenvalue weighted by Crippen LogP contribution is -2.50. The fourth-order valence-electron chi connectivity index (χ4n) is 1.95. The third-order valence-corrected chi connectivity index (χ3v) is 4.64. The van der Waals surface area contributed by atoms with E-state index in [1.807, 2.05) is 6.92 Å². The molecule has 0 atom stereocenters. The first-order valence-corrected chi connectivity index (χ1v) is 7.98. The van der Waals surface area contributed by atoms with Crippen LogP contribution in [0, 0.1) is 0 Å². The topological polar surface area (TPSA) is 63.2 Å². The van der Waals surface area contributed by atoms with Gasteiger partial charge in [-0.15, -0.1) is 0 Å². The zero-order chi connectivity index (χ0) is 13.4. The van der Waals surface area contributed by atoms with Crippen molar-refractivity contribution in [1.82, 2.24) is 5.32 Å². The molecule has 98 valence electrons. The molecule has 0 aromatic heterocycles. The molecule has 1 aromatic rings. The maximum absolute atomic E-state index is 11.9. The zero-order valence-electron chi connectivity index (χ0n) is 9.94. The van der Waals surface area contributed by atoms with Crippen LogP contribution in [0.4, 0.5) is 0 Å². The highest BCUT2D eigenvalue weighted by Gasteiger charge is 2.33. The Bertz CT molecular complexity index is 561. The van der Waals surface area contributed by atoms with Gasteiger partial charge in [0.1, 0.15) is 0 Å². The van der Waals surface area contributed by atoms with Gasteiger partial charge in [-0.1, -0.05) is 0 Å². The Balaban J connectivity index is 2.12. The molecule has 0 saturated heterocycles. The Morgan fingerprint density at radius 1 is 1.28 bits per heavy atom. The molecule has 1 saturated carbocycles. The van der Waals surface area contributed by atoms with Crippen molar-refractivity contribution in [3.63, 3.8) is 0 Å². The van der Waals surface area contributed by atoms with Crippen LogP contribution in [-0.2, 0) is 9.05 Å². The number of carbonyl (C=O) groups excluding carboxylic acids is 1. The molecule has 1 aliphatic rings. The third kappa shape index (κ3) is 2.84. The molecule has 0 radical (unpaired) electrons. The Hall–Kier alpha value is -1.07. The molecule has 0 unspecified atom stereocenters. The number of hydrogen-bond donors (Lipinski definition) is 1. The van der Waals surface area contributed by atoms with Crippen LogP contribution in [0.3, 0.4) is 0 Å². The highest BCUT2D eigenvalue weighted by atomic mass is 35.7. The Kier molecular flexibility index (Phi) is 3.38. The lowest BCUT2D eigenvalue weighted by atomic mass is 9.78. The normalized spacial score (nSPS) is 17.9. The van der Waals surface area contributed by atoms with Gasteiger partial charge in [0, 0.05) is 21.8 Å². The summed E-state index contributed by atoms with van der Waals surface area (Å²) in [5.41, 5.74) is 0.320. The number of carbonyl (C=O) groups is 1. The first kappa shape index (κ1) is 13.4. The fourth-order valence-corrected chi connectivity index (χ4v) is 2.72. The van der Waals surface area contributed by atoms with Crippen LogP contribution >= 0.6 is 10.7 Å². The highest BCUT2D eigenvalue weighted by molar-refractivity contribution is 8.13. The molecule has 1 aliphatic carbocycles. The van der Waals surface area contributed by atoms with Crippen molar-refractivity contribution in [3.8, 4) is 0 Å². The van der Waals surface area contributed by atoms with Crippen molar-refractivity contribution < 1.29 is 13.2 Å². The summed E-state index contributed by atoms with van der Waals surface area (Å²) in [5, 5.41) is 2.95. The number of rotatable bonds is 3. The van der Waals surface area contributed by atoms with Gasteiger partial charge in [-0.3, -0.25) is 4.79 Å². The summed E-state index contributed by atoms with van der Waals surface area (Å²) >= 11 is 0. The molecule has 0 aliphatic heterocycles. The number of hydrogen-bond acceptors (Lipinski definition) is 3. The highest BCUT2D eigenvalue weighted by Crippen LogP contribution is 2.31. The van der Waals surface area contributed by atoms with E-state index in [-0.39, 0.29) is 16.3 Å². The van der Waals surface area contributed by atoms with E-state index in [0.29, 0.717) is 5.56 Å². The van der Waals surface area contributed by atoms with E-state index in [9.17, 15) is 13.2 Å². The third-order valence-electron chi connectivity index (χ3n) is 3.27. The Morgan fingerprint density at radius 2 is 1.83 bits per heavy atom. The van der Waals surface area contributed by atoms with Crippen LogP contribution in [0.15, 0.2) is 29.2 Å². The average Bonchev–Trinajstić information content (AvgIpc) is 2.26. The monoisotopic (exact) mass is 287 g/mol. The molecular formula is C12H14ClNO3S. The first-order valence-electron chi connectivity index (χ1n) is 5.67. The van der Waals surface area contributed by atoms with Crippen LogP contribution in [0.25, 0.3) is 0 Å². The first-order chi connectivity index (χ1) is 8.30. The fraction of sp³-hybridized carbons (Fsp3) is 0.417.